The Bertz CT molecular complexity index is 561. The molecule has 0 fully saturated rings. The van der Waals surface area contributed by atoms with Crippen LogP contribution >= 0.6 is 0 Å². The Balaban J connectivity index is 2.51. The summed E-state index contributed by atoms with van der Waals surface area (Å²) in [5.74, 6) is -0.628. The lowest BCUT2D eigenvalue weighted by molar-refractivity contribution is -0.119. The molecule has 1 unspecified atom stereocenters. The largest absolute Gasteiger partial charge is 0.399 e. The second-order valence-corrected chi connectivity index (χ2v) is 4.33. The molecule has 92 valence electrons. The number of carbonyl (C=O) groups excluding carboxylic acids is 1. The minimum absolute atomic E-state index is 0.307. The van der Waals surface area contributed by atoms with Gasteiger partial charge in [-0.05, 0) is 35.7 Å². The van der Waals surface area contributed by atoms with Gasteiger partial charge in [0.25, 0.3) is 0 Å². The van der Waals surface area contributed by atoms with Gasteiger partial charge in [-0.3, -0.25) is 4.79 Å². The molecule has 4 N–H and O–H groups in total. The minimum atomic E-state index is -0.321. The zero-order chi connectivity index (χ0) is 13.1. The standard InChI is InChI=1S/C15H16N2O/c1-10(15(17)18)13-4-2-3-5-14(13)11-6-8-12(16)9-7-11/h2-10H,16H2,1H3,(H2,17,18). The number of hydrogen-bond acceptors (Lipinski definition) is 2. The van der Waals surface area contributed by atoms with Gasteiger partial charge in [-0.15, -0.1) is 0 Å². The highest BCUT2D eigenvalue weighted by Gasteiger charge is 2.15. The molecule has 0 aliphatic carbocycles. The molecule has 0 aliphatic rings. The number of amides is 1. The lowest BCUT2D eigenvalue weighted by Crippen LogP contribution is -2.19. The first-order chi connectivity index (χ1) is 8.59. The topological polar surface area (TPSA) is 69.1 Å². The lowest BCUT2D eigenvalue weighted by atomic mass is 9.91. The highest BCUT2D eigenvalue weighted by molar-refractivity contribution is 5.85. The minimum Gasteiger partial charge on any atom is -0.399 e. The number of nitrogen functional groups attached to an aromatic ring is 1. The number of carbonyl (C=O) groups is 1. The van der Waals surface area contributed by atoms with Crippen molar-refractivity contribution in [2.24, 2.45) is 5.73 Å². The summed E-state index contributed by atoms with van der Waals surface area (Å²) in [6, 6.07) is 15.4. The van der Waals surface area contributed by atoms with Gasteiger partial charge in [-0.1, -0.05) is 36.4 Å². The molecule has 0 saturated carbocycles. The number of benzene rings is 2. The van der Waals surface area contributed by atoms with Crippen molar-refractivity contribution in [3.8, 4) is 11.1 Å². The summed E-state index contributed by atoms with van der Waals surface area (Å²) in [6.45, 7) is 1.82. The summed E-state index contributed by atoms with van der Waals surface area (Å²) in [7, 11) is 0. The van der Waals surface area contributed by atoms with Gasteiger partial charge in [-0.2, -0.15) is 0 Å². The molecule has 0 spiro atoms. The molecule has 1 atom stereocenters. The molecular weight excluding hydrogens is 224 g/mol. The van der Waals surface area contributed by atoms with Crippen molar-refractivity contribution in [1.82, 2.24) is 0 Å². The summed E-state index contributed by atoms with van der Waals surface area (Å²) in [5, 5.41) is 0. The first-order valence-electron chi connectivity index (χ1n) is 5.83. The highest BCUT2D eigenvalue weighted by atomic mass is 16.1. The van der Waals surface area contributed by atoms with Gasteiger partial charge in [-0.25, -0.2) is 0 Å². The second kappa shape index (κ2) is 4.92. The number of rotatable bonds is 3. The Morgan fingerprint density at radius 2 is 1.67 bits per heavy atom. The Kier molecular flexibility index (Phi) is 3.33. The van der Waals surface area contributed by atoms with E-state index in [1.165, 1.54) is 0 Å². The zero-order valence-corrected chi connectivity index (χ0v) is 10.3. The maximum absolute atomic E-state index is 11.3. The van der Waals surface area contributed by atoms with Gasteiger partial charge < -0.3 is 11.5 Å². The molecule has 0 aliphatic heterocycles. The van der Waals surface area contributed by atoms with Gasteiger partial charge in [0.2, 0.25) is 5.91 Å². The zero-order valence-electron chi connectivity index (χ0n) is 10.3. The van der Waals surface area contributed by atoms with E-state index in [1.807, 2.05) is 55.5 Å². The average Bonchev–Trinajstić information content (AvgIpc) is 2.39. The van der Waals surface area contributed by atoms with Crippen molar-refractivity contribution in [2.75, 3.05) is 5.73 Å². The third-order valence-electron chi connectivity index (χ3n) is 3.08. The van der Waals surface area contributed by atoms with Crippen molar-refractivity contribution in [1.29, 1.82) is 0 Å². The molecule has 0 saturated heterocycles. The Morgan fingerprint density at radius 1 is 1.06 bits per heavy atom. The Hall–Kier alpha value is -2.29. The van der Waals surface area contributed by atoms with Crippen LogP contribution in [0.2, 0.25) is 0 Å². The molecule has 0 radical (unpaired) electrons. The van der Waals surface area contributed by atoms with Crippen LogP contribution in [0.5, 0.6) is 0 Å². The average molecular weight is 240 g/mol. The van der Waals surface area contributed by atoms with Crippen LogP contribution in [-0.2, 0) is 4.79 Å². The number of primary amides is 1. The molecule has 0 bridgehead atoms. The van der Waals surface area contributed by atoms with E-state index in [0.29, 0.717) is 0 Å². The SMILES string of the molecule is CC(C(N)=O)c1ccccc1-c1ccc(N)cc1. The molecule has 2 aromatic carbocycles. The molecule has 0 aromatic heterocycles. The predicted molar refractivity (Wildman–Crippen MR) is 73.9 cm³/mol. The van der Waals surface area contributed by atoms with Crippen molar-refractivity contribution in [3.63, 3.8) is 0 Å². The van der Waals surface area contributed by atoms with Crippen molar-refractivity contribution in [3.05, 3.63) is 54.1 Å². The third kappa shape index (κ3) is 2.35. The highest BCUT2D eigenvalue weighted by Crippen LogP contribution is 2.29. The van der Waals surface area contributed by atoms with Crippen LogP contribution < -0.4 is 11.5 Å². The fraction of sp³-hybridized carbons (Fsp3) is 0.133. The van der Waals surface area contributed by atoms with Gasteiger partial charge in [0.1, 0.15) is 0 Å². The monoisotopic (exact) mass is 240 g/mol. The van der Waals surface area contributed by atoms with E-state index < -0.39 is 0 Å². The van der Waals surface area contributed by atoms with Crippen LogP contribution in [0.15, 0.2) is 48.5 Å². The van der Waals surface area contributed by atoms with E-state index in [9.17, 15) is 4.79 Å². The van der Waals surface area contributed by atoms with Crippen LogP contribution in [0.25, 0.3) is 11.1 Å². The summed E-state index contributed by atoms with van der Waals surface area (Å²) in [4.78, 5) is 11.3. The molecule has 3 nitrogen and oxygen atoms in total. The van der Waals surface area contributed by atoms with Crippen LogP contribution in [0.4, 0.5) is 5.69 Å². The lowest BCUT2D eigenvalue weighted by Gasteiger charge is -2.14. The van der Waals surface area contributed by atoms with E-state index in [4.69, 9.17) is 11.5 Å². The van der Waals surface area contributed by atoms with Crippen LogP contribution in [-0.4, -0.2) is 5.91 Å². The molecular formula is C15H16N2O. The smallest absolute Gasteiger partial charge is 0.224 e. The van der Waals surface area contributed by atoms with Crippen molar-refractivity contribution < 1.29 is 4.79 Å². The first kappa shape index (κ1) is 12.2. The first-order valence-corrected chi connectivity index (χ1v) is 5.83. The van der Waals surface area contributed by atoms with E-state index >= 15 is 0 Å². The second-order valence-electron chi connectivity index (χ2n) is 4.33. The van der Waals surface area contributed by atoms with Crippen LogP contribution in [0.1, 0.15) is 18.4 Å². The summed E-state index contributed by atoms with van der Waals surface area (Å²) in [5.41, 5.74) is 14.8. The molecule has 3 heteroatoms. The summed E-state index contributed by atoms with van der Waals surface area (Å²) >= 11 is 0. The Morgan fingerprint density at radius 3 is 2.28 bits per heavy atom. The van der Waals surface area contributed by atoms with Crippen molar-refractivity contribution in [2.45, 2.75) is 12.8 Å². The molecule has 2 rings (SSSR count). The predicted octanol–water partition coefficient (Wildman–Crippen LogP) is 2.52. The van der Waals surface area contributed by atoms with E-state index in [2.05, 4.69) is 0 Å². The van der Waals surface area contributed by atoms with Gasteiger partial charge in [0.05, 0.1) is 5.92 Å². The molecule has 18 heavy (non-hydrogen) atoms. The van der Waals surface area contributed by atoms with E-state index in [1.54, 1.807) is 0 Å². The van der Waals surface area contributed by atoms with Crippen molar-refractivity contribution >= 4 is 11.6 Å². The molecule has 1 amide bonds. The number of nitrogens with two attached hydrogens (primary N) is 2. The van der Waals surface area contributed by atoms with Gasteiger partial charge in [0, 0.05) is 5.69 Å². The number of hydrogen-bond donors (Lipinski definition) is 2. The quantitative estimate of drug-likeness (QED) is 0.809. The van der Waals surface area contributed by atoms with E-state index in [0.717, 1.165) is 22.4 Å². The van der Waals surface area contributed by atoms with E-state index in [-0.39, 0.29) is 11.8 Å². The van der Waals surface area contributed by atoms with Crippen LogP contribution in [0.3, 0.4) is 0 Å². The summed E-state index contributed by atoms with van der Waals surface area (Å²) < 4.78 is 0. The van der Waals surface area contributed by atoms with Crippen LogP contribution in [0, 0.1) is 0 Å². The molecule has 2 aromatic rings. The number of anilines is 1. The molecule has 0 heterocycles. The maximum atomic E-state index is 11.3. The third-order valence-corrected chi connectivity index (χ3v) is 3.08. The van der Waals surface area contributed by atoms with Gasteiger partial charge >= 0.3 is 0 Å². The maximum Gasteiger partial charge on any atom is 0.224 e. The summed E-state index contributed by atoms with van der Waals surface area (Å²) in [6.07, 6.45) is 0. The fourth-order valence-electron chi connectivity index (χ4n) is 1.95. The van der Waals surface area contributed by atoms with Gasteiger partial charge in [0.15, 0.2) is 0 Å². The Labute approximate surface area is 106 Å². The fourth-order valence-corrected chi connectivity index (χ4v) is 1.95. The normalized spacial score (nSPS) is 12.1.